The molecule has 2 atom stereocenters. The van der Waals surface area contributed by atoms with Gasteiger partial charge in [-0.2, -0.15) is 0 Å². The predicted octanol–water partition coefficient (Wildman–Crippen LogP) is 10.2. The Balaban J connectivity index is 1.43. The summed E-state index contributed by atoms with van der Waals surface area (Å²) in [6.07, 6.45) is 8.73. The Labute approximate surface area is 231 Å². The molecule has 0 N–H and O–H groups in total. The molecule has 1 aliphatic carbocycles. The van der Waals surface area contributed by atoms with Crippen LogP contribution in [0.2, 0.25) is 0 Å². The highest BCUT2D eigenvalue weighted by Crippen LogP contribution is 2.51. The quantitative estimate of drug-likeness (QED) is 0.215. The molecule has 2 heteroatoms. The molecule has 9 rings (SSSR count). The highest BCUT2D eigenvalue weighted by Gasteiger charge is 2.35. The topological polar surface area (TPSA) is 22.4 Å². The molecule has 2 heterocycles. The molecule has 1 aliphatic heterocycles. The molecule has 0 spiro atoms. The highest BCUT2D eigenvalue weighted by molar-refractivity contribution is 6.25. The SMILES string of the molecule is C1=CC2Oc3cccc(-c4c5ccccc5c(-c5cccc6oc7ccccc7c56)c5ccccc45)c3C2C=C1. The van der Waals surface area contributed by atoms with Crippen molar-refractivity contribution >= 4 is 43.5 Å². The van der Waals surface area contributed by atoms with Crippen LogP contribution in [0.3, 0.4) is 0 Å². The van der Waals surface area contributed by atoms with E-state index >= 15 is 0 Å². The van der Waals surface area contributed by atoms with Gasteiger partial charge in [-0.25, -0.2) is 0 Å². The number of hydrogen-bond acceptors (Lipinski definition) is 2. The zero-order chi connectivity index (χ0) is 26.2. The van der Waals surface area contributed by atoms with E-state index in [0.29, 0.717) is 0 Å². The van der Waals surface area contributed by atoms with Crippen LogP contribution in [0.15, 0.2) is 138 Å². The molecule has 0 saturated carbocycles. The summed E-state index contributed by atoms with van der Waals surface area (Å²) in [7, 11) is 0. The molecule has 6 aromatic carbocycles. The van der Waals surface area contributed by atoms with Gasteiger partial charge in [-0.3, -0.25) is 0 Å². The van der Waals surface area contributed by atoms with Crippen LogP contribution in [0.25, 0.3) is 65.7 Å². The fourth-order valence-corrected chi connectivity index (χ4v) is 7.01. The van der Waals surface area contributed by atoms with E-state index < -0.39 is 0 Å². The molecule has 2 aliphatic rings. The molecule has 0 saturated heterocycles. The number of fused-ring (bicyclic) bond motifs is 8. The molecular weight excluding hydrogens is 488 g/mol. The van der Waals surface area contributed by atoms with Crippen LogP contribution in [0.1, 0.15) is 11.5 Å². The van der Waals surface area contributed by atoms with E-state index in [4.69, 9.17) is 9.15 Å². The van der Waals surface area contributed by atoms with Crippen LogP contribution in [0.4, 0.5) is 0 Å². The van der Waals surface area contributed by atoms with Crippen molar-refractivity contribution in [1.29, 1.82) is 0 Å². The van der Waals surface area contributed by atoms with Crippen molar-refractivity contribution in [2.24, 2.45) is 0 Å². The van der Waals surface area contributed by atoms with Gasteiger partial charge in [0.25, 0.3) is 0 Å². The zero-order valence-electron chi connectivity index (χ0n) is 21.7. The Morgan fingerprint density at radius 3 is 1.80 bits per heavy atom. The second-order valence-electron chi connectivity index (χ2n) is 10.7. The van der Waals surface area contributed by atoms with Crippen molar-refractivity contribution in [2.45, 2.75) is 12.0 Å². The summed E-state index contributed by atoms with van der Waals surface area (Å²) in [5, 5.41) is 7.27. The van der Waals surface area contributed by atoms with Crippen molar-refractivity contribution in [3.05, 3.63) is 139 Å². The maximum atomic E-state index is 6.42. The molecular formula is C38H24O2. The van der Waals surface area contributed by atoms with E-state index in [1.54, 1.807) is 0 Å². The van der Waals surface area contributed by atoms with Crippen molar-refractivity contribution in [3.63, 3.8) is 0 Å². The number of benzene rings is 6. The molecule has 0 fully saturated rings. The van der Waals surface area contributed by atoms with Crippen LogP contribution in [-0.4, -0.2) is 6.10 Å². The fraction of sp³-hybridized carbons (Fsp3) is 0.0526. The molecule has 7 aromatic rings. The van der Waals surface area contributed by atoms with Crippen molar-refractivity contribution in [1.82, 2.24) is 0 Å². The summed E-state index contributed by atoms with van der Waals surface area (Å²) in [4.78, 5) is 0. The van der Waals surface area contributed by atoms with Gasteiger partial charge in [0.15, 0.2) is 0 Å². The lowest BCUT2D eigenvalue weighted by atomic mass is 9.81. The van der Waals surface area contributed by atoms with Gasteiger partial charge in [0.1, 0.15) is 23.0 Å². The van der Waals surface area contributed by atoms with Gasteiger partial charge in [-0.15, -0.1) is 0 Å². The van der Waals surface area contributed by atoms with Gasteiger partial charge in [0, 0.05) is 22.3 Å². The van der Waals surface area contributed by atoms with E-state index in [1.165, 1.54) is 49.4 Å². The predicted molar refractivity (Wildman–Crippen MR) is 165 cm³/mol. The van der Waals surface area contributed by atoms with Gasteiger partial charge < -0.3 is 9.15 Å². The number of hydrogen-bond donors (Lipinski definition) is 0. The second kappa shape index (κ2) is 8.21. The van der Waals surface area contributed by atoms with E-state index in [2.05, 4.69) is 127 Å². The Hall–Kier alpha value is -5.08. The van der Waals surface area contributed by atoms with Gasteiger partial charge in [0.05, 0.1) is 0 Å². The molecule has 2 unspecified atom stereocenters. The summed E-state index contributed by atoms with van der Waals surface area (Å²) < 4.78 is 12.7. The first-order valence-corrected chi connectivity index (χ1v) is 13.9. The van der Waals surface area contributed by atoms with Gasteiger partial charge in [-0.05, 0) is 68.1 Å². The second-order valence-corrected chi connectivity index (χ2v) is 10.7. The molecule has 40 heavy (non-hydrogen) atoms. The Kier molecular flexibility index (Phi) is 4.48. The van der Waals surface area contributed by atoms with Gasteiger partial charge >= 0.3 is 0 Å². The summed E-state index contributed by atoms with van der Waals surface area (Å²) in [5.74, 6) is 1.19. The Bertz CT molecular complexity index is 2150. The first-order valence-electron chi connectivity index (χ1n) is 13.9. The third-order valence-corrected chi connectivity index (χ3v) is 8.62. The van der Waals surface area contributed by atoms with Gasteiger partial charge in [-0.1, -0.05) is 109 Å². The lowest BCUT2D eigenvalue weighted by Gasteiger charge is -2.21. The smallest absolute Gasteiger partial charge is 0.136 e. The molecule has 0 radical (unpaired) electrons. The molecule has 1 aromatic heterocycles. The zero-order valence-corrected chi connectivity index (χ0v) is 21.7. The average molecular weight is 513 g/mol. The minimum Gasteiger partial charge on any atom is -0.485 e. The number of allylic oxidation sites excluding steroid dienone is 2. The van der Waals surface area contributed by atoms with Crippen molar-refractivity contribution in [2.75, 3.05) is 0 Å². The molecule has 2 nitrogen and oxygen atoms in total. The third-order valence-electron chi connectivity index (χ3n) is 8.62. The average Bonchev–Trinajstić information content (AvgIpc) is 3.58. The number of para-hydroxylation sites is 1. The van der Waals surface area contributed by atoms with E-state index in [9.17, 15) is 0 Å². The molecule has 0 bridgehead atoms. The lowest BCUT2D eigenvalue weighted by Crippen LogP contribution is -2.15. The first-order chi connectivity index (χ1) is 19.9. The Morgan fingerprint density at radius 1 is 0.475 bits per heavy atom. The standard InChI is InChI=1S/C38H24O2/c1-2-12-24-23(11-1)35(29-17-9-21-33-37(29)27-15-5-7-19-31(27)39-33)25-13-3-4-14-26(25)36(24)30-18-10-22-34-38(30)28-16-6-8-20-32(28)40-34/h1-22,27,31H. The summed E-state index contributed by atoms with van der Waals surface area (Å²) >= 11 is 0. The summed E-state index contributed by atoms with van der Waals surface area (Å²) in [6, 6.07) is 39.0. The van der Waals surface area contributed by atoms with E-state index in [1.807, 2.05) is 6.07 Å². The summed E-state index contributed by atoms with van der Waals surface area (Å²) in [6.45, 7) is 0. The third kappa shape index (κ3) is 2.93. The molecule has 188 valence electrons. The normalized spacial score (nSPS) is 17.5. The summed E-state index contributed by atoms with van der Waals surface area (Å²) in [5.41, 5.74) is 8.06. The minimum atomic E-state index is 0.0462. The van der Waals surface area contributed by atoms with E-state index in [-0.39, 0.29) is 12.0 Å². The lowest BCUT2D eigenvalue weighted by molar-refractivity contribution is 0.269. The van der Waals surface area contributed by atoms with Gasteiger partial charge in [0.2, 0.25) is 0 Å². The fourth-order valence-electron chi connectivity index (χ4n) is 7.01. The number of rotatable bonds is 2. The highest BCUT2D eigenvalue weighted by atomic mass is 16.5. The maximum Gasteiger partial charge on any atom is 0.136 e. The van der Waals surface area contributed by atoms with Crippen LogP contribution in [0.5, 0.6) is 5.75 Å². The maximum absolute atomic E-state index is 6.42. The number of ether oxygens (including phenoxy) is 1. The molecule has 0 amide bonds. The van der Waals surface area contributed by atoms with Crippen LogP contribution < -0.4 is 4.74 Å². The van der Waals surface area contributed by atoms with Crippen molar-refractivity contribution < 1.29 is 9.15 Å². The van der Waals surface area contributed by atoms with Crippen LogP contribution >= 0.6 is 0 Å². The van der Waals surface area contributed by atoms with Crippen LogP contribution in [0, 0.1) is 0 Å². The van der Waals surface area contributed by atoms with Crippen molar-refractivity contribution in [3.8, 4) is 28.0 Å². The minimum absolute atomic E-state index is 0.0462. The largest absolute Gasteiger partial charge is 0.485 e. The Morgan fingerprint density at radius 2 is 1.05 bits per heavy atom. The number of furan rings is 1. The monoisotopic (exact) mass is 512 g/mol. The van der Waals surface area contributed by atoms with Crippen LogP contribution in [-0.2, 0) is 0 Å². The first kappa shape index (κ1) is 21.8. The van der Waals surface area contributed by atoms with E-state index in [0.717, 1.165) is 27.7 Å².